The number of carbonyl (C=O) groups is 1. The molecule has 106 valence electrons. The van der Waals surface area contributed by atoms with Crippen LogP contribution in [-0.4, -0.2) is 29.8 Å². The van der Waals surface area contributed by atoms with E-state index in [9.17, 15) is 4.79 Å². The number of ether oxygens (including phenoxy) is 1. The van der Waals surface area contributed by atoms with Gasteiger partial charge in [-0.3, -0.25) is 4.79 Å². The molecule has 1 amide bonds. The molecule has 0 N–H and O–H groups in total. The number of hydrogen-bond donors (Lipinski definition) is 0. The Bertz CT molecular complexity index is 407. The molecule has 0 aliphatic carbocycles. The summed E-state index contributed by atoms with van der Waals surface area (Å²) in [5.74, 6) is 1.22. The molecule has 0 unspecified atom stereocenters. The van der Waals surface area contributed by atoms with Crippen LogP contribution in [-0.2, 0) is 11.3 Å². The van der Waals surface area contributed by atoms with E-state index < -0.39 is 0 Å². The molecule has 1 aromatic carbocycles. The molecule has 0 fully saturated rings. The summed E-state index contributed by atoms with van der Waals surface area (Å²) in [4.78, 5) is 13.7. The number of amides is 1. The summed E-state index contributed by atoms with van der Waals surface area (Å²) in [7, 11) is 0. The van der Waals surface area contributed by atoms with Crippen LogP contribution in [0.2, 0.25) is 0 Å². The number of alkyl halides is 1. The Hall–Kier alpha value is -1.22. The maximum atomic E-state index is 11.9. The Balaban J connectivity index is 2.86. The van der Waals surface area contributed by atoms with Crippen LogP contribution in [0, 0.1) is 5.92 Å². The summed E-state index contributed by atoms with van der Waals surface area (Å²) >= 11 is 5.67. The van der Waals surface area contributed by atoms with Gasteiger partial charge in [0.2, 0.25) is 5.91 Å². The average Bonchev–Trinajstić information content (AvgIpc) is 2.39. The van der Waals surface area contributed by atoms with Crippen LogP contribution in [0.4, 0.5) is 0 Å². The second-order valence-corrected chi connectivity index (χ2v) is 5.11. The minimum atomic E-state index is -0.0401. The van der Waals surface area contributed by atoms with Gasteiger partial charge >= 0.3 is 0 Å². The lowest BCUT2D eigenvalue weighted by molar-refractivity contribution is -0.129. The quantitative estimate of drug-likeness (QED) is 0.719. The molecule has 0 atom stereocenters. The van der Waals surface area contributed by atoms with Crippen molar-refractivity contribution in [1.29, 1.82) is 0 Å². The summed E-state index contributed by atoms with van der Waals surface area (Å²) in [6, 6.07) is 7.80. The van der Waals surface area contributed by atoms with Crippen molar-refractivity contribution in [3.63, 3.8) is 0 Å². The number of halogens is 1. The largest absolute Gasteiger partial charge is 0.494 e. The smallest absolute Gasteiger partial charge is 0.237 e. The van der Waals surface area contributed by atoms with Crippen molar-refractivity contribution in [2.75, 3.05) is 19.0 Å². The molecule has 0 spiro atoms. The van der Waals surface area contributed by atoms with Crippen molar-refractivity contribution in [3.8, 4) is 5.75 Å². The van der Waals surface area contributed by atoms with Crippen LogP contribution in [0.1, 0.15) is 26.3 Å². The highest BCUT2D eigenvalue weighted by Crippen LogP contribution is 2.20. The molecular weight excluding hydrogens is 262 g/mol. The lowest BCUT2D eigenvalue weighted by Crippen LogP contribution is -2.34. The average molecular weight is 284 g/mol. The van der Waals surface area contributed by atoms with Crippen LogP contribution in [0.3, 0.4) is 0 Å². The highest BCUT2D eigenvalue weighted by molar-refractivity contribution is 6.27. The summed E-state index contributed by atoms with van der Waals surface area (Å²) < 4.78 is 5.59. The Kier molecular flexibility index (Phi) is 6.71. The zero-order chi connectivity index (χ0) is 14.3. The molecule has 19 heavy (non-hydrogen) atoms. The van der Waals surface area contributed by atoms with E-state index in [2.05, 4.69) is 13.8 Å². The van der Waals surface area contributed by atoms with Gasteiger partial charge < -0.3 is 9.64 Å². The van der Waals surface area contributed by atoms with Gasteiger partial charge in [0, 0.05) is 18.7 Å². The van der Waals surface area contributed by atoms with Gasteiger partial charge in [-0.05, 0) is 18.9 Å². The topological polar surface area (TPSA) is 29.5 Å². The summed E-state index contributed by atoms with van der Waals surface area (Å²) in [5.41, 5.74) is 1.02. The molecule has 0 saturated carbocycles. The third-order valence-corrected chi connectivity index (χ3v) is 2.91. The highest BCUT2D eigenvalue weighted by atomic mass is 35.5. The van der Waals surface area contributed by atoms with Gasteiger partial charge in [0.25, 0.3) is 0 Å². The second-order valence-electron chi connectivity index (χ2n) is 4.84. The monoisotopic (exact) mass is 283 g/mol. The van der Waals surface area contributed by atoms with E-state index in [-0.39, 0.29) is 11.8 Å². The maximum absolute atomic E-state index is 11.9. The van der Waals surface area contributed by atoms with Gasteiger partial charge in [-0.15, -0.1) is 11.6 Å². The molecule has 0 heterocycles. The Morgan fingerprint density at radius 2 is 2.05 bits per heavy atom. The molecule has 0 aliphatic rings. The number of hydrogen-bond acceptors (Lipinski definition) is 2. The summed E-state index contributed by atoms with van der Waals surface area (Å²) in [6.45, 7) is 7.98. The first-order valence-corrected chi connectivity index (χ1v) is 7.16. The molecule has 0 aliphatic heterocycles. The Morgan fingerprint density at radius 1 is 1.37 bits per heavy atom. The van der Waals surface area contributed by atoms with E-state index in [1.54, 1.807) is 4.90 Å². The normalized spacial score (nSPS) is 10.6. The molecule has 0 radical (unpaired) electrons. The molecule has 0 saturated heterocycles. The number of benzene rings is 1. The van der Waals surface area contributed by atoms with E-state index >= 15 is 0 Å². The van der Waals surface area contributed by atoms with Crippen molar-refractivity contribution in [2.24, 2.45) is 5.92 Å². The third kappa shape index (κ3) is 5.11. The highest BCUT2D eigenvalue weighted by Gasteiger charge is 2.16. The van der Waals surface area contributed by atoms with E-state index in [0.717, 1.165) is 11.3 Å². The predicted molar refractivity (Wildman–Crippen MR) is 78.6 cm³/mol. The minimum absolute atomic E-state index is 0.0174. The predicted octanol–water partition coefficient (Wildman–Crippen LogP) is 3.31. The zero-order valence-corrected chi connectivity index (χ0v) is 12.6. The lowest BCUT2D eigenvalue weighted by Gasteiger charge is -2.25. The third-order valence-electron chi connectivity index (χ3n) is 2.69. The molecule has 1 aromatic rings. The van der Waals surface area contributed by atoms with Gasteiger partial charge in [-0.25, -0.2) is 0 Å². The summed E-state index contributed by atoms with van der Waals surface area (Å²) in [5, 5.41) is 0. The Morgan fingerprint density at radius 3 is 2.63 bits per heavy atom. The second kappa shape index (κ2) is 8.05. The van der Waals surface area contributed by atoms with Gasteiger partial charge in [0.15, 0.2) is 0 Å². The fraction of sp³-hybridized carbons (Fsp3) is 0.533. The van der Waals surface area contributed by atoms with E-state index in [1.807, 2.05) is 31.2 Å². The van der Waals surface area contributed by atoms with Crippen LogP contribution in [0.15, 0.2) is 24.3 Å². The van der Waals surface area contributed by atoms with Crippen LogP contribution in [0.25, 0.3) is 0 Å². The molecule has 4 heteroatoms. The van der Waals surface area contributed by atoms with Crippen molar-refractivity contribution >= 4 is 17.5 Å². The minimum Gasteiger partial charge on any atom is -0.494 e. The van der Waals surface area contributed by atoms with Crippen molar-refractivity contribution < 1.29 is 9.53 Å². The van der Waals surface area contributed by atoms with E-state index in [0.29, 0.717) is 25.6 Å². The summed E-state index contributed by atoms with van der Waals surface area (Å²) in [6.07, 6.45) is 0. The fourth-order valence-corrected chi connectivity index (χ4v) is 2.09. The van der Waals surface area contributed by atoms with E-state index in [4.69, 9.17) is 16.3 Å². The first-order chi connectivity index (χ1) is 9.08. The van der Waals surface area contributed by atoms with Crippen molar-refractivity contribution in [2.45, 2.75) is 27.3 Å². The SMILES string of the molecule is CCOc1ccccc1CN(CC(C)C)C(=O)CCl. The number of nitrogens with zero attached hydrogens (tertiary/aromatic N) is 1. The maximum Gasteiger partial charge on any atom is 0.237 e. The van der Waals surface area contributed by atoms with Gasteiger partial charge in [-0.1, -0.05) is 32.0 Å². The number of rotatable bonds is 7. The molecular formula is C15H22ClNO2. The zero-order valence-electron chi connectivity index (χ0n) is 11.9. The van der Waals surface area contributed by atoms with Gasteiger partial charge in [0.1, 0.15) is 11.6 Å². The van der Waals surface area contributed by atoms with Crippen LogP contribution >= 0.6 is 11.6 Å². The molecule has 1 rings (SSSR count). The van der Waals surface area contributed by atoms with Crippen LogP contribution < -0.4 is 4.74 Å². The van der Waals surface area contributed by atoms with Gasteiger partial charge in [-0.2, -0.15) is 0 Å². The number of para-hydroxylation sites is 1. The first kappa shape index (κ1) is 15.8. The molecule has 0 bridgehead atoms. The van der Waals surface area contributed by atoms with Crippen LogP contribution in [0.5, 0.6) is 5.75 Å². The van der Waals surface area contributed by atoms with E-state index in [1.165, 1.54) is 0 Å². The molecule has 0 aromatic heterocycles. The van der Waals surface area contributed by atoms with Crippen molar-refractivity contribution in [1.82, 2.24) is 4.90 Å². The first-order valence-electron chi connectivity index (χ1n) is 6.62. The van der Waals surface area contributed by atoms with Crippen molar-refractivity contribution in [3.05, 3.63) is 29.8 Å². The molecule has 3 nitrogen and oxygen atoms in total. The standard InChI is InChI=1S/C15H22ClNO2/c1-4-19-14-8-6-5-7-13(14)11-17(10-12(2)3)15(18)9-16/h5-8,12H,4,9-11H2,1-3H3. The fourth-order valence-electron chi connectivity index (χ4n) is 1.92. The van der Waals surface area contributed by atoms with Gasteiger partial charge in [0.05, 0.1) is 6.61 Å². The lowest BCUT2D eigenvalue weighted by atomic mass is 10.1. The number of carbonyl (C=O) groups excluding carboxylic acids is 1. The Labute approximate surface area is 120 Å².